The largest absolute Gasteiger partial charge is 0.489 e. The Morgan fingerprint density at radius 2 is 1.90 bits per heavy atom. The van der Waals surface area contributed by atoms with Crippen molar-refractivity contribution >= 4 is 5.91 Å². The Morgan fingerprint density at radius 1 is 1.20 bits per heavy atom. The number of benzene rings is 1. The standard InChI is InChI=1S/C17H23NO2/c1-11-7-9-18(10-8-11)17(19)15-6-4-5-14-12(2)13(3)20-16(14)15/h4-6,11-13H,7-10H2,1-3H3. The lowest BCUT2D eigenvalue weighted by atomic mass is 9.95. The van der Waals surface area contributed by atoms with Gasteiger partial charge in [0.25, 0.3) is 5.91 Å². The maximum Gasteiger partial charge on any atom is 0.257 e. The SMILES string of the molecule is CC1CCN(C(=O)c2cccc3c2OC(C)C3C)CC1. The van der Waals surface area contributed by atoms with Crippen molar-refractivity contribution in [2.24, 2.45) is 5.92 Å². The predicted octanol–water partition coefficient (Wildman–Crippen LogP) is 3.44. The topological polar surface area (TPSA) is 29.5 Å². The molecule has 20 heavy (non-hydrogen) atoms. The molecule has 0 aliphatic carbocycles. The van der Waals surface area contributed by atoms with Gasteiger partial charge in [-0.2, -0.15) is 0 Å². The zero-order chi connectivity index (χ0) is 14.3. The number of hydrogen-bond donors (Lipinski definition) is 0. The number of carbonyl (C=O) groups excluding carboxylic acids is 1. The van der Waals surface area contributed by atoms with E-state index in [1.165, 1.54) is 5.56 Å². The summed E-state index contributed by atoms with van der Waals surface area (Å²) in [6.45, 7) is 8.23. The highest BCUT2D eigenvalue weighted by molar-refractivity contribution is 5.97. The van der Waals surface area contributed by atoms with Gasteiger partial charge in [-0.25, -0.2) is 0 Å². The summed E-state index contributed by atoms with van der Waals surface area (Å²) in [6, 6.07) is 5.97. The van der Waals surface area contributed by atoms with E-state index < -0.39 is 0 Å². The van der Waals surface area contributed by atoms with Crippen LogP contribution < -0.4 is 4.74 Å². The summed E-state index contributed by atoms with van der Waals surface area (Å²) >= 11 is 0. The second kappa shape index (κ2) is 5.12. The third kappa shape index (κ3) is 2.19. The highest BCUT2D eigenvalue weighted by atomic mass is 16.5. The number of piperidine rings is 1. The third-order valence-corrected chi connectivity index (χ3v) is 4.85. The Labute approximate surface area is 120 Å². The molecule has 108 valence electrons. The van der Waals surface area contributed by atoms with Gasteiger partial charge in [0, 0.05) is 24.6 Å². The fourth-order valence-corrected chi connectivity index (χ4v) is 3.14. The molecule has 0 radical (unpaired) electrons. The monoisotopic (exact) mass is 273 g/mol. The predicted molar refractivity (Wildman–Crippen MR) is 79.2 cm³/mol. The molecule has 3 nitrogen and oxygen atoms in total. The second-order valence-corrected chi connectivity index (χ2v) is 6.31. The van der Waals surface area contributed by atoms with Crippen LogP contribution in [0.5, 0.6) is 5.75 Å². The summed E-state index contributed by atoms with van der Waals surface area (Å²) in [5.74, 6) is 2.04. The molecule has 0 saturated carbocycles. The molecule has 2 unspecified atom stereocenters. The minimum absolute atomic E-state index is 0.134. The van der Waals surface area contributed by atoms with Crippen LogP contribution in [0.2, 0.25) is 0 Å². The van der Waals surface area contributed by atoms with E-state index in [4.69, 9.17) is 4.74 Å². The van der Waals surface area contributed by atoms with Crippen molar-refractivity contribution in [1.82, 2.24) is 4.90 Å². The van der Waals surface area contributed by atoms with Gasteiger partial charge in [-0.1, -0.05) is 26.0 Å². The third-order valence-electron chi connectivity index (χ3n) is 4.85. The van der Waals surface area contributed by atoms with Crippen molar-refractivity contribution in [2.45, 2.75) is 45.6 Å². The molecular formula is C17H23NO2. The van der Waals surface area contributed by atoms with Gasteiger partial charge >= 0.3 is 0 Å². The molecule has 3 rings (SSSR count). The summed E-state index contributed by atoms with van der Waals surface area (Å²) in [6.07, 6.45) is 2.36. The molecule has 2 heterocycles. The van der Waals surface area contributed by atoms with Crippen molar-refractivity contribution in [2.75, 3.05) is 13.1 Å². The van der Waals surface area contributed by atoms with E-state index in [1.54, 1.807) is 0 Å². The van der Waals surface area contributed by atoms with E-state index in [-0.39, 0.29) is 12.0 Å². The molecule has 0 spiro atoms. The number of ether oxygens (including phenoxy) is 1. The zero-order valence-electron chi connectivity index (χ0n) is 12.6. The fourth-order valence-electron chi connectivity index (χ4n) is 3.14. The molecule has 0 aromatic heterocycles. The molecule has 0 N–H and O–H groups in total. The summed E-state index contributed by atoms with van der Waals surface area (Å²) in [7, 11) is 0. The lowest BCUT2D eigenvalue weighted by Gasteiger charge is -2.30. The maximum atomic E-state index is 12.7. The lowest BCUT2D eigenvalue weighted by Crippen LogP contribution is -2.38. The van der Waals surface area contributed by atoms with Crippen LogP contribution in [0.4, 0.5) is 0 Å². The first-order valence-electron chi connectivity index (χ1n) is 7.66. The average Bonchev–Trinajstić information content (AvgIpc) is 2.74. The minimum atomic E-state index is 0.134. The van der Waals surface area contributed by atoms with E-state index in [9.17, 15) is 4.79 Å². The highest BCUT2D eigenvalue weighted by Crippen LogP contribution is 2.40. The Balaban J connectivity index is 1.87. The Hall–Kier alpha value is -1.51. The van der Waals surface area contributed by atoms with Gasteiger partial charge < -0.3 is 9.64 Å². The van der Waals surface area contributed by atoms with Crippen LogP contribution in [0.1, 0.15) is 55.5 Å². The molecule has 3 heteroatoms. The van der Waals surface area contributed by atoms with Gasteiger partial charge in [-0.05, 0) is 31.7 Å². The van der Waals surface area contributed by atoms with Gasteiger partial charge in [-0.15, -0.1) is 0 Å². The molecule has 1 amide bonds. The lowest BCUT2D eigenvalue weighted by molar-refractivity contribution is 0.0692. The highest BCUT2D eigenvalue weighted by Gasteiger charge is 2.32. The molecule has 1 aromatic carbocycles. The molecule has 2 atom stereocenters. The van der Waals surface area contributed by atoms with Gasteiger partial charge in [0.1, 0.15) is 11.9 Å². The van der Waals surface area contributed by atoms with Crippen molar-refractivity contribution in [1.29, 1.82) is 0 Å². The fraction of sp³-hybridized carbons (Fsp3) is 0.588. The van der Waals surface area contributed by atoms with E-state index in [2.05, 4.69) is 26.8 Å². The summed E-state index contributed by atoms with van der Waals surface area (Å²) in [5.41, 5.74) is 1.92. The van der Waals surface area contributed by atoms with Crippen LogP contribution in [0.15, 0.2) is 18.2 Å². The smallest absolute Gasteiger partial charge is 0.257 e. The van der Waals surface area contributed by atoms with Crippen LogP contribution in [-0.2, 0) is 0 Å². The normalized spacial score (nSPS) is 26.2. The molecule has 1 aromatic rings. The number of hydrogen-bond acceptors (Lipinski definition) is 2. The number of fused-ring (bicyclic) bond motifs is 1. The van der Waals surface area contributed by atoms with Crippen LogP contribution in [0.25, 0.3) is 0 Å². The number of likely N-dealkylation sites (tertiary alicyclic amines) is 1. The minimum Gasteiger partial charge on any atom is -0.489 e. The second-order valence-electron chi connectivity index (χ2n) is 6.31. The molecule has 2 aliphatic rings. The van der Waals surface area contributed by atoms with Crippen LogP contribution in [-0.4, -0.2) is 30.0 Å². The summed E-state index contributed by atoms with van der Waals surface area (Å²) < 4.78 is 5.94. The van der Waals surface area contributed by atoms with Gasteiger partial charge in [0.05, 0.1) is 5.56 Å². The van der Waals surface area contributed by atoms with Crippen molar-refractivity contribution in [3.8, 4) is 5.75 Å². The van der Waals surface area contributed by atoms with Gasteiger partial charge in [0.15, 0.2) is 0 Å². The van der Waals surface area contributed by atoms with E-state index >= 15 is 0 Å². The number of rotatable bonds is 1. The Bertz CT molecular complexity index is 518. The number of para-hydroxylation sites is 1. The number of carbonyl (C=O) groups is 1. The van der Waals surface area contributed by atoms with Crippen molar-refractivity contribution in [3.63, 3.8) is 0 Å². The van der Waals surface area contributed by atoms with Crippen molar-refractivity contribution < 1.29 is 9.53 Å². The van der Waals surface area contributed by atoms with E-state index in [1.807, 2.05) is 17.0 Å². The van der Waals surface area contributed by atoms with Crippen LogP contribution >= 0.6 is 0 Å². The van der Waals surface area contributed by atoms with Gasteiger partial charge in [-0.3, -0.25) is 4.79 Å². The summed E-state index contributed by atoms with van der Waals surface area (Å²) in [5, 5.41) is 0. The number of amides is 1. The average molecular weight is 273 g/mol. The Kier molecular flexibility index (Phi) is 3.45. The van der Waals surface area contributed by atoms with Crippen LogP contribution in [0.3, 0.4) is 0 Å². The summed E-state index contributed by atoms with van der Waals surface area (Å²) in [4.78, 5) is 14.7. The van der Waals surface area contributed by atoms with Crippen LogP contribution in [0, 0.1) is 5.92 Å². The first kappa shape index (κ1) is 13.5. The van der Waals surface area contributed by atoms with Gasteiger partial charge in [0.2, 0.25) is 0 Å². The molecule has 0 bridgehead atoms. The Morgan fingerprint density at radius 3 is 2.60 bits per heavy atom. The quantitative estimate of drug-likeness (QED) is 0.784. The number of nitrogens with zero attached hydrogens (tertiary/aromatic N) is 1. The van der Waals surface area contributed by atoms with E-state index in [0.29, 0.717) is 5.92 Å². The van der Waals surface area contributed by atoms with Crippen molar-refractivity contribution in [3.05, 3.63) is 29.3 Å². The first-order chi connectivity index (χ1) is 9.58. The molecule has 1 saturated heterocycles. The molecular weight excluding hydrogens is 250 g/mol. The molecule has 1 fully saturated rings. The zero-order valence-corrected chi connectivity index (χ0v) is 12.6. The van der Waals surface area contributed by atoms with E-state index in [0.717, 1.165) is 43.2 Å². The maximum absolute atomic E-state index is 12.7. The first-order valence-corrected chi connectivity index (χ1v) is 7.66. The molecule has 2 aliphatic heterocycles.